The normalized spacial score (nSPS) is 12.7. The van der Waals surface area contributed by atoms with Crippen LogP contribution in [0.15, 0.2) is 127 Å². The maximum absolute atomic E-state index is 12.2. The van der Waals surface area contributed by atoms with Gasteiger partial charge in [0.25, 0.3) is 20.2 Å². The molecule has 6 aromatic carbocycles. The van der Waals surface area contributed by atoms with E-state index in [9.17, 15) is 31.0 Å². The van der Waals surface area contributed by atoms with Crippen molar-refractivity contribution in [1.29, 1.82) is 0 Å². The number of phenols is 1. The highest BCUT2D eigenvalue weighted by Gasteiger charge is 2.20. The molecule has 12 nitrogen and oxygen atoms in total. The monoisotopic (exact) mass is 627 g/mol. The number of rotatable bonds is 6. The van der Waals surface area contributed by atoms with Gasteiger partial charge in [0, 0.05) is 10.8 Å². The Kier molecular flexibility index (Phi) is 7.05. The molecule has 0 saturated carbocycles. The summed E-state index contributed by atoms with van der Waals surface area (Å²) < 4.78 is 67.2. The maximum Gasteiger partial charge on any atom is 0.297 e. The van der Waals surface area contributed by atoms with Gasteiger partial charge in [-0.3, -0.25) is 9.11 Å². The zero-order valence-electron chi connectivity index (χ0n) is 22.4. The molecule has 0 amide bonds. The van der Waals surface area contributed by atoms with E-state index in [1.165, 1.54) is 42.5 Å². The smallest absolute Gasteiger partial charge is 0.297 e. The Morgan fingerprint density at radius 2 is 1.20 bits per heavy atom. The predicted octanol–water partition coefficient (Wildman–Crippen LogP) is 7.76. The van der Waals surface area contributed by atoms with Crippen LogP contribution in [0.2, 0.25) is 0 Å². The summed E-state index contributed by atoms with van der Waals surface area (Å²) >= 11 is 0. The standard InChI is InChI=1S/C30H21N5O7S2/c31-28-23(33-32-20-11-12-21-19(16-20)5-3-7-26(21)43(37,38)39)13-9-18-10-14-24(29(36)27(18)28)34-35-25-15-8-17-4-1-2-6-22(17)30(25)44(40,41)42/h1-16,36H,31H2,(H,37,38,39)(H,40,41,42). The maximum atomic E-state index is 12.2. The van der Waals surface area contributed by atoms with Gasteiger partial charge in [-0.25, -0.2) is 0 Å². The van der Waals surface area contributed by atoms with Crippen molar-refractivity contribution in [2.75, 3.05) is 5.73 Å². The largest absolute Gasteiger partial charge is 0.505 e. The molecular formula is C30H21N5O7S2. The van der Waals surface area contributed by atoms with Crippen molar-refractivity contribution in [3.05, 3.63) is 97.1 Å². The number of nitrogens with zero attached hydrogens (tertiary/aromatic N) is 4. The first kappa shape index (κ1) is 28.8. The highest BCUT2D eigenvalue weighted by Crippen LogP contribution is 2.43. The zero-order valence-corrected chi connectivity index (χ0v) is 24.0. The zero-order chi connectivity index (χ0) is 31.2. The average Bonchev–Trinajstić information content (AvgIpc) is 2.98. The molecule has 0 spiro atoms. The Hall–Kier alpha value is -5.28. The van der Waals surface area contributed by atoms with Crippen LogP contribution in [0.4, 0.5) is 28.4 Å². The summed E-state index contributed by atoms with van der Waals surface area (Å²) in [6.07, 6.45) is 0. The Labute approximate surface area is 250 Å². The van der Waals surface area contributed by atoms with E-state index in [-0.39, 0.29) is 44.2 Å². The number of hydrogen-bond donors (Lipinski definition) is 4. The number of azo groups is 2. The predicted molar refractivity (Wildman–Crippen MR) is 166 cm³/mol. The molecule has 0 bridgehead atoms. The van der Waals surface area contributed by atoms with Gasteiger partial charge in [-0.05, 0) is 52.6 Å². The molecule has 0 aliphatic heterocycles. The van der Waals surface area contributed by atoms with Gasteiger partial charge >= 0.3 is 0 Å². The van der Waals surface area contributed by atoms with E-state index in [0.717, 1.165) is 0 Å². The van der Waals surface area contributed by atoms with E-state index in [1.54, 1.807) is 54.6 Å². The SMILES string of the molecule is Nc1c(N=Nc2ccc3c(S(=O)(=O)O)cccc3c2)ccc2ccc(N=Nc3ccc4ccccc4c3S(=O)(=O)O)c(O)c12. The molecule has 6 aromatic rings. The minimum Gasteiger partial charge on any atom is -0.505 e. The average molecular weight is 628 g/mol. The van der Waals surface area contributed by atoms with E-state index in [2.05, 4.69) is 20.5 Å². The number of phenolic OH excluding ortho intramolecular Hbond substituents is 1. The van der Waals surface area contributed by atoms with Crippen LogP contribution in [0.25, 0.3) is 32.3 Å². The van der Waals surface area contributed by atoms with E-state index in [4.69, 9.17) is 5.73 Å². The third-order valence-electron chi connectivity index (χ3n) is 6.91. The van der Waals surface area contributed by atoms with Crippen LogP contribution in [0.1, 0.15) is 0 Å². The second kappa shape index (κ2) is 10.8. The fraction of sp³-hybridized carbons (Fsp3) is 0. The lowest BCUT2D eigenvalue weighted by Crippen LogP contribution is -1.99. The molecular weight excluding hydrogens is 606 g/mol. The van der Waals surface area contributed by atoms with Gasteiger partial charge in [0.2, 0.25) is 0 Å². The number of nitrogen functional groups attached to an aromatic ring is 1. The molecule has 0 heterocycles. The van der Waals surface area contributed by atoms with Gasteiger partial charge in [-0.15, -0.1) is 15.3 Å². The first-order chi connectivity index (χ1) is 20.9. The van der Waals surface area contributed by atoms with Crippen LogP contribution in [-0.2, 0) is 20.2 Å². The lowest BCUT2D eigenvalue weighted by molar-refractivity contribution is 0.481. The second-order valence-electron chi connectivity index (χ2n) is 9.68. The summed E-state index contributed by atoms with van der Waals surface area (Å²) in [6, 6.07) is 25.1. The summed E-state index contributed by atoms with van der Waals surface area (Å²) in [5.41, 5.74) is 6.91. The molecule has 0 fully saturated rings. The molecule has 0 unspecified atom stereocenters. The highest BCUT2D eigenvalue weighted by atomic mass is 32.2. The van der Waals surface area contributed by atoms with Crippen molar-refractivity contribution in [1.82, 2.24) is 0 Å². The van der Waals surface area contributed by atoms with Gasteiger partial charge in [0.15, 0.2) is 5.75 Å². The van der Waals surface area contributed by atoms with Crippen LogP contribution >= 0.6 is 0 Å². The molecule has 44 heavy (non-hydrogen) atoms. The molecule has 0 saturated heterocycles. The molecule has 5 N–H and O–H groups in total. The first-order valence-corrected chi connectivity index (χ1v) is 15.7. The molecule has 0 atom stereocenters. The van der Waals surface area contributed by atoms with Crippen molar-refractivity contribution in [2.24, 2.45) is 20.5 Å². The minimum absolute atomic E-state index is 0.0168. The van der Waals surface area contributed by atoms with Gasteiger partial charge < -0.3 is 10.8 Å². The van der Waals surface area contributed by atoms with Gasteiger partial charge in [-0.1, -0.05) is 60.7 Å². The van der Waals surface area contributed by atoms with Crippen molar-refractivity contribution in [3.63, 3.8) is 0 Å². The number of benzene rings is 6. The van der Waals surface area contributed by atoms with Crippen LogP contribution in [0.5, 0.6) is 5.75 Å². The third kappa shape index (κ3) is 5.33. The van der Waals surface area contributed by atoms with Gasteiger partial charge in [0.1, 0.15) is 26.9 Å². The molecule has 0 aliphatic rings. The Balaban J connectivity index is 1.37. The van der Waals surface area contributed by atoms with Crippen LogP contribution in [0.3, 0.4) is 0 Å². The number of fused-ring (bicyclic) bond motifs is 3. The van der Waals surface area contributed by atoms with Crippen molar-refractivity contribution >= 4 is 81.0 Å². The molecule has 220 valence electrons. The Morgan fingerprint density at radius 1 is 0.568 bits per heavy atom. The summed E-state index contributed by atoms with van der Waals surface area (Å²) in [5, 5.41) is 30.0. The Morgan fingerprint density at radius 3 is 1.95 bits per heavy atom. The summed E-state index contributed by atoms with van der Waals surface area (Å²) in [7, 11) is -9.08. The summed E-state index contributed by atoms with van der Waals surface area (Å²) in [5.74, 6) is -0.335. The van der Waals surface area contributed by atoms with E-state index in [1.807, 2.05) is 0 Å². The minimum atomic E-state index is -4.67. The van der Waals surface area contributed by atoms with E-state index < -0.39 is 25.1 Å². The van der Waals surface area contributed by atoms with Crippen LogP contribution in [0, 0.1) is 0 Å². The van der Waals surface area contributed by atoms with Gasteiger partial charge in [0.05, 0.1) is 16.8 Å². The second-order valence-corrected chi connectivity index (χ2v) is 12.4. The molecule has 6 rings (SSSR count). The van der Waals surface area contributed by atoms with Gasteiger partial charge in [-0.2, -0.15) is 21.9 Å². The number of hydrogen-bond acceptors (Lipinski definition) is 10. The number of nitrogens with two attached hydrogens (primary N) is 1. The fourth-order valence-electron chi connectivity index (χ4n) is 4.90. The topological polar surface area (TPSA) is 204 Å². The molecule has 0 aromatic heterocycles. The van der Waals surface area contributed by atoms with Crippen LogP contribution in [-0.4, -0.2) is 31.0 Å². The number of aromatic hydroxyl groups is 1. The quantitative estimate of drug-likeness (QED) is 0.0813. The van der Waals surface area contributed by atoms with Crippen molar-refractivity contribution in [2.45, 2.75) is 9.79 Å². The van der Waals surface area contributed by atoms with Crippen molar-refractivity contribution < 1.29 is 31.0 Å². The molecule has 0 aliphatic carbocycles. The summed E-state index contributed by atoms with van der Waals surface area (Å²) in [6.45, 7) is 0. The first-order valence-electron chi connectivity index (χ1n) is 12.8. The highest BCUT2D eigenvalue weighted by molar-refractivity contribution is 7.86. The third-order valence-corrected chi connectivity index (χ3v) is 8.77. The molecule has 0 radical (unpaired) electrons. The van der Waals surface area contributed by atoms with E-state index in [0.29, 0.717) is 27.2 Å². The lowest BCUT2D eigenvalue weighted by Gasteiger charge is -2.09. The van der Waals surface area contributed by atoms with Crippen LogP contribution < -0.4 is 5.73 Å². The Bertz CT molecular complexity index is 2430. The summed E-state index contributed by atoms with van der Waals surface area (Å²) in [4.78, 5) is -0.639. The van der Waals surface area contributed by atoms with E-state index >= 15 is 0 Å². The molecule has 14 heteroatoms. The number of anilines is 1. The fourth-order valence-corrected chi connectivity index (χ4v) is 6.45. The lowest BCUT2D eigenvalue weighted by atomic mass is 10.1. The van der Waals surface area contributed by atoms with Crippen molar-refractivity contribution in [3.8, 4) is 5.75 Å².